The highest BCUT2D eigenvalue weighted by molar-refractivity contribution is 5.76. The number of aliphatic hydroxyl groups excluding tert-OH is 1. The molecule has 4 heteroatoms. The highest BCUT2D eigenvalue weighted by Gasteiger charge is 2.36. The van der Waals surface area contributed by atoms with Crippen LogP contribution in [-0.4, -0.2) is 36.9 Å². The minimum Gasteiger partial charge on any atom is -0.468 e. The van der Waals surface area contributed by atoms with Crippen LogP contribution in [0.5, 0.6) is 0 Å². The van der Waals surface area contributed by atoms with Gasteiger partial charge in [-0.1, -0.05) is 6.92 Å². The highest BCUT2D eigenvalue weighted by Crippen LogP contribution is 2.14. The summed E-state index contributed by atoms with van der Waals surface area (Å²) in [4.78, 5) is 10.9. The van der Waals surface area contributed by atoms with Crippen LogP contribution in [0.3, 0.4) is 0 Å². The van der Waals surface area contributed by atoms with Crippen molar-refractivity contribution in [1.29, 1.82) is 0 Å². The summed E-state index contributed by atoms with van der Waals surface area (Å²) in [5.74, 6) is -0.263. The number of hydrogen-bond donors (Lipinski definition) is 2. The van der Waals surface area contributed by atoms with E-state index in [1.54, 1.807) is 0 Å². The molecule has 1 aliphatic rings. The maximum Gasteiger partial charge on any atom is 0.325 e. The zero-order valence-corrected chi connectivity index (χ0v) is 6.70. The molecule has 0 saturated carbocycles. The third-order valence-electron chi connectivity index (χ3n) is 2.04. The van der Waals surface area contributed by atoms with E-state index < -0.39 is 12.1 Å². The summed E-state index contributed by atoms with van der Waals surface area (Å²) in [6.07, 6.45) is -0.609. The quantitative estimate of drug-likeness (QED) is 0.488. The van der Waals surface area contributed by atoms with E-state index in [1.807, 2.05) is 6.92 Å². The Labute approximate surface area is 65.5 Å². The first-order valence-corrected chi connectivity index (χ1v) is 3.66. The Morgan fingerprint density at radius 2 is 2.36 bits per heavy atom. The average Bonchev–Trinajstić information content (AvgIpc) is 2.32. The Morgan fingerprint density at radius 3 is 2.73 bits per heavy atom. The van der Waals surface area contributed by atoms with Crippen LogP contribution < -0.4 is 5.32 Å². The fourth-order valence-corrected chi connectivity index (χ4v) is 1.23. The summed E-state index contributed by atoms with van der Waals surface area (Å²) >= 11 is 0. The molecule has 4 nitrogen and oxygen atoms in total. The Kier molecular flexibility index (Phi) is 2.46. The molecule has 3 unspecified atom stereocenters. The Bertz CT molecular complexity index is 160. The van der Waals surface area contributed by atoms with Gasteiger partial charge in [-0.2, -0.15) is 0 Å². The summed E-state index contributed by atoms with van der Waals surface area (Å²) in [5.41, 5.74) is 0. The first-order chi connectivity index (χ1) is 5.16. The smallest absolute Gasteiger partial charge is 0.325 e. The van der Waals surface area contributed by atoms with Crippen molar-refractivity contribution in [3.8, 4) is 0 Å². The molecular weight excluding hydrogens is 146 g/mol. The van der Waals surface area contributed by atoms with Crippen molar-refractivity contribution in [2.45, 2.75) is 19.1 Å². The second-order valence-corrected chi connectivity index (χ2v) is 2.88. The number of nitrogens with one attached hydrogen (secondary N) is 1. The number of rotatable bonds is 1. The molecule has 0 aromatic carbocycles. The molecule has 64 valence electrons. The Hall–Kier alpha value is -0.610. The van der Waals surface area contributed by atoms with Crippen LogP contribution in [0.1, 0.15) is 6.92 Å². The van der Waals surface area contributed by atoms with Crippen molar-refractivity contribution in [1.82, 2.24) is 5.32 Å². The second kappa shape index (κ2) is 3.19. The molecule has 0 aromatic rings. The van der Waals surface area contributed by atoms with Crippen molar-refractivity contribution in [2.75, 3.05) is 13.7 Å². The summed E-state index contributed by atoms with van der Waals surface area (Å²) in [6, 6.07) is -0.532. The second-order valence-electron chi connectivity index (χ2n) is 2.88. The molecule has 1 saturated heterocycles. The molecule has 1 heterocycles. The summed E-state index contributed by atoms with van der Waals surface area (Å²) < 4.78 is 4.49. The lowest BCUT2D eigenvalue weighted by Gasteiger charge is -2.13. The number of carbonyl (C=O) groups excluding carboxylic acids is 1. The third-order valence-corrected chi connectivity index (χ3v) is 2.04. The van der Waals surface area contributed by atoms with Crippen LogP contribution in [0, 0.1) is 5.92 Å². The lowest BCUT2D eigenvalue weighted by Crippen LogP contribution is -2.39. The fraction of sp³-hybridized carbons (Fsp3) is 0.857. The molecule has 0 aromatic heterocycles. The maximum absolute atomic E-state index is 10.9. The van der Waals surface area contributed by atoms with Crippen LogP contribution in [0.25, 0.3) is 0 Å². The molecule has 0 aliphatic carbocycles. The Morgan fingerprint density at radius 1 is 1.73 bits per heavy atom. The van der Waals surface area contributed by atoms with Crippen LogP contribution in [0.15, 0.2) is 0 Å². The van der Waals surface area contributed by atoms with Gasteiger partial charge in [-0.15, -0.1) is 0 Å². The molecule has 1 fully saturated rings. The summed E-state index contributed by atoms with van der Waals surface area (Å²) in [6.45, 7) is 2.56. The molecule has 1 aliphatic heterocycles. The third kappa shape index (κ3) is 1.52. The molecule has 11 heavy (non-hydrogen) atoms. The average molecular weight is 159 g/mol. The SMILES string of the molecule is COC(=O)C1NCC(C)C1O. The molecule has 0 radical (unpaired) electrons. The fourth-order valence-electron chi connectivity index (χ4n) is 1.23. The van der Waals surface area contributed by atoms with E-state index >= 15 is 0 Å². The van der Waals surface area contributed by atoms with Crippen molar-refractivity contribution in [3.63, 3.8) is 0 Å². The predicted molar refractivity (Wildman–Crippen MR) is 39.0 cm³/mol. The number of hydrogen-bond acceptors (Lipinski definition) is 4. The zero-order chi connectivity index (χ0) is 8.43. The normalized spacial score (nSPS) is 37.2. The molecule has 2 N–H and O–H groups in total. The standard InChI is InChI=1S/C7H13NO3/c1-4-3-8-5(6(4)9)7(10)11-2/h4-6,8-9H,3H2,1-2H3. The number of methoxy groups -OCH3 is 1. The van der Waals surface area contributed by atoms with Crippen molar-refractivity contribution in [3.05, 3.63) is 0 Å². The van der Waals surface area contributed by atoms with Crippen molar-refractivity contribution >= 4 is 5.97 Å². The van der Waals surface area contributed by atoms with Gasteiger partial charge in [0.2, 0.25) is 0 Å². The molecular formula is C7H13NO3. The molecule has 3 atom stereocenters. The monoisotopic (exact) mass is 159 g/mol. The number of aliphatic hydroxyl groups is 1. The largest absolute Gasteiger partial charge is 0.468 e. The molecule has 0 bridgehead atoms. The van der Waals surface area contributed by atoms with E-state index in [2.05, 4.69) is 10.1 Å². The van der Waals surface area contributed by atoms with Crippen molar-refractivity contribution in [2.24, 2.45) is 5.92 Å². The predicted octanol–water partition coefficient (Wildman–Crippen LogP) is -0.872. The number of ether oxygens (including phenoxy) is 1. The first kappa shape index (κ1) is 8.49. The minimum absolute atomic E-state index is 0.124. The zero-order valence-electron chi connectivity index (χ0n) is 6.70. The summed E-state index contributed by atoms with van der Waals surface area (Å²) in [7, 11) is 1.32. The topological polar surface area (TPSA) is 58.6 Å². The lowest BCUT2D eigenvalue weighted by molar-refractivity contribution is -0.145. The lowest BCUT2D eigenvalue weighted by atomic mass is 10.0. The van der Waals surface area contributed by atoms with Gasteiger partial charge in [0.25, 0.3) is 0 Å². The van der Waals surface area contributed by atoms with E-state index in [0.717, 1.165) is 0 Å². The summed E-state index contributed by atoms with van der Waals surface area (Å²) in [5, 5.41) is 12.3. The van der Waals surface area contributed by atoms with Gasteiger partial charge in [-0.3, -0.25) is 4.79 Å². The van der Waals surface area contributed by atoms with Gasteiger partial charge < -0.3 is 15.2 Å². The van der Waals surface area contributed by atoms with Gasteiger partial charge in [0, 0.05) is 6.54 Å². The van der Waals surface area contributed by atoms with Gasteiger partial charge in [-0.25, -0.2) is 0 Å². The number of esters is 1. The van der Waals surface area contributed by atoms with Crippen LogP contribution in [0.2, 0.25) is 0 Å². The van der Waals surface area contributed by atoms with E-state index in [9.17, 15) is 9.90 Å². The maximum atomic E-state index is 10.9. The molecule has 1 rings (SSSR count). The van der Waals surface area contributed by atoms with Crippen LogP contribution in [0.4, 0.5) is 0 Å². The minimum atomic E-state index is -0.609. The Balaban J connectivity index is 2.54. The van der Waals surface area contributed by atoms with Gasteiger partial charge in [-0.05, 0) is 5.92 Å². The van der Waals surface area contributed by atoms with E-state index in [1.165, 1.54) is 7.11 Å². The van der Waals surface area contributed by atoms with Gasteiger partial charge in [0.1, 0.15) is 6.04 Å². The van der Waals surface area contributed by atoms with Gasteiger partial charge in [0.05, 0.1) is 13.2 Å². The van der Waals surface area contributed by atoms with Crippen LogP contribution >= 0.6 is 0 Å². The van der Waals surface area contributed by atoms with Crippen LogP contribution in [-0.2, 0) is 9.53 Å². The van der Waals surface area contributed by atoms with E-state index in [-0.39, 0.29) is 11.9 Å². The number of carbonyl (C=O) groups is 1. The molecule has 0 spiro atoms. The van der Waals surface area contributed by atoms with E-state index in [0.29, 0.717) is 6.54 Å². The van der Waals surface area contributed by atoms with Gasteiger partial charge >= 0.3 is 5.97 Å². The molecule has 0 amide bonds. The van der Waals surface area contributed by atoms with Gasteiger partial charge in [0.15, 0.2) is 0 Å². The van der Waals surface area contributed by atoms with Crippen molar-refractivity contribution < 1.29 is 14.6 Å². The van der Waals surface area contributed by atoms with E-state index in [4.69, 9.17) is 0 Å². The highest BCUT2D eigenvalue weighted by atomic mass is 16.5. The first-order valence-electron chi connectivity index (χ1n) is 3.66.